The maximum absolute atomic E-state index is 4.19. The minimum Gasteiger partial charge on any atom is -0.355 e. The molecule has 2 rings (SSSR count). The first-order valence-electron chi connectivity index (χ1n) is 6.09. The van der Waals surface area contributed by atoms with Gasteiger partial charge < -0.3 is 10.6 Å². The summed E-state index contributed by atoms with van der Waals surface area (Å²) < 4.78 is 1.78. The van der Waals surface area contributed by atoms with Crippen LogP contribution in [0, 0.1) is 6.92 Å². The number of rotatable bonds is 5. The van der Waals surface area contributed by atoms with Crippen LogP contribution in [-0.4, -0.2) is 34.3 Å². The number of aryl methyl sites for hydroxylation is 1. The van der Waals surface area contributed by atoms with Gasteiger partial charge in [0.25, 0.3) is 0 Å². The topological polar surface area (TPSA) is 67.1 Å². The largest absolute Gasteiger partial charge is 0.355 e. The normalized spacial score (nSPS) is 11.6. The van der Waals surface area contributed by atoms with Crippen LogP contribution in [0.4, 0.5) is 0 Å². The first-order chi connectivity index (χ1) is 9.29. The Kier molecular flexibility index (Phi) is 4.91. The van der Waals surface area contributed by atoms with Crippen molar-refractivity contribution in [2.75, 3.05) is 13.6 Å². The quantitative estimate of drug-likeness (QED) is 0.633. The van der Waals surface area contributed by atoms with Crippen LogP contribution < -0.4 is 10.6 Å². The molecule has 0 aromatic carbocycles. The molecule has 19 heavy (non-hydrogen) atoms. The van der Waals surface area contributed by atoms with Crippen molar-refractivity contribution >= 4 is 17.3 Å². The number of nitrogens with zero attached hydrogens (tertiary/aromatic N) is 4. The second kappa shape index (κ2) is 6.89. The summed E-state index contributed by atoms with van der Waals surface area (Å²) in [5.74, 6) is 0.799. The average molecular weight is 278 g/mol. The lowest BCUT2D eigenvalue weighted by atomic mass is 10.3. The lowest BCUT2D eigenvalue weighted by Crippen LogP contribution is -2.38. The molecule has 0 aliphatic heterocycles. The molecule has 0 saturated carbocycles. The highest BCUT2D eigenvalue weighted by atomic mass is 32.1. The molecule has 0 atom stereocenters. The van der Waals surface area contributed by atoms with Gasteiger partial charge in [0, 0.05) is 18.5 Å². The van der Waals surface area contributed by atoms with E-state index in [4.69, 9.17) is 0 Å². The Bertz CT molecular complexity index is 516. The third kappa shape index (κ3) is 4.06. The summed E-state index contributed by atoms with van der Waals surface area (Å²) in [5, 5.41) is 12.7. The van der Waals surface area contributed by atoms with Gasteiger partial charge in [-0.05, 0) is 23.9 Å². The molecule has 0 bridgehead atoms. The zero-order chi connectivity index (χ0) is 13.5. The smallest absolute Gasteiger partial charge is 0.191 e. The van der Waals surface area contributed by atoms with Crippen LogP contribution in [0.15, 0.2) is 29.1 Å². The van der Waals surface area contributed by atoms with Crippen molar-refractivity contribution in [3.63, 3.8) is 0 Å². The average Bonchev–Trinajstić information content (AvgIpc) is 3.05. The standard InChI is InChI=1S/C12H18N6S/c1-10-3-6-19-11(10)7-16-12(13-2)15-4-5-18-9-14-8-17-18/h3,6,8-9H,4-5,7H2,1-2H3,(H2,13,15,16). The Morgan fingerprint density at radius 1 is 1.47 bits per heavy atom. The number of nitrogens with one attached hydrogen (secondary N) is 2. The van der Waals surface area contributed by atoms with Gasteiger partial charge >= 0.3 is 0 Å². The Balaban J connectivity index is 1.73. The number of aromatic nitrogens is 3. The highest BCUT2D eigenvalue weighted by Gasteiger charge is 2.01. The summed E-state index contributed by atoms with van der Waals surface area (Å²) >= 11 is 1.76. The van der Waals surface area contributed by atoms with Gasteiger partial charge in [0.05, 0.1) is 13.1 Å². The fourth-order valence-corrected chi connectivity index (χ4v) is 2.45. The van der Waals surface area contributed by atoms with E-state index < -0.39 is 0 Å². The monoisotopic (exact) mass is 278 g/mol. The van der Waals surface area contributed by atoms with Crippen molar-refractivity contribution in [2.24, 2.45) is 4.99 Å². The molecule has 0 unspecified atom stereocenters. The number of guanidine groups is 1. The van der Waals surface area contributed by atoms with Gasteiger partial charge in [-0.15, -0.1) is 11.3 Å². The van der Waals surface area contributed by atoms with E-state index in [0.717, 1.165) is 25.6 Å². The van der Waals surface area contributed by atoms with Crippen molar-refractivity contribution in [1.29, 1.82) is 0 Å². The zero-order valence-electron chi connectivity index (χ0n) is 11.1. The predicted molar refractivity (Wildman–Crippen MR) is 77.3 cm³/mol. The van der Waals surface area contributed by atoms with E-state index in [-0.39, 0.29) is 0 Å². The lowest BCUT2D eigenvalue weighted by Gasteiger charge is -2.11. The van der Waals surface area contributed by atoms with Crippen LogP contribution in [0.25, 0.3) is 0 Å². The number of aliphatic imine (C=N–C) groups is 1. The Morgan fingerprint density at radius 2 is 2.37 bits per heavy atom. The van der Waals surface area contributed by atoms with Gasteiger partial charge in [-0.2, -0.15) is 5.10 Å². The zero-order valence-corrected chi connectivity index (χ0v) is 11.9. The summed E-state index contributed by atoms with van der Waals surface area (Å²) in [7, 11) is 1.77. The summed E-state index contributed by atoms with van der Waals surface area (Å²) in [6.07, 6.45) is 3.24. The maximum atomic E-state index is 4.19. The van der Waals surface area contributed by atoms with Crippen LogP contribution in [0.3, 0.4) is 0 Å². The molecule has 0 spiro atoms. The van der Waals surface area contributed by atoms with E-state index in [1.54, 1.807) is 29.4 Å². The Labute approximate surface area is 116 Å². The third-order valence-electron chi connectivity index (χ3n) is 2.71. The lowest BCUT2D eigenvalue weighted by molar-refractivity contribution is 0.596. The van der Waals surface area contributed by atoms with Gasteiger partial charge in [-0.1, -0.05) is 0 Å². The fraction of sp³-hybridized carbons (Fsp3) is 0.417. The molecule has 0 aliphatic carbocycles. The Hall–Kier alpha value is -1.89. The highest BCUT2D eigenvalue weighted by molar-refractivity contribution is 7.10. The number of hydrogen-bond acceptors (Lipinski definition) is 4. The molecule has 0 fully saturated rings. The molecule has 0 saturated heterocycles. The van der Waals surface area contributed by atoms with E-state index in [1.165, 1.54) is 16.8 Å². The van der Waals surface area contributed by atoms with E-state index in [2.05, 4.69) is 44.1 Å². The Morgan fingerprint density at radius 3 is 3.00 bits per heavy atom. The van der Waals surface area contributed by atoms with Crippen LogP contribution in [0.1, 0.15) is 10.4 Å². The van der Waals surface area contributed by atoms with Crippen LogP contribution in [-0.2, 0) is 13.1 Å². The fourth-order valence-electron chi connectivity index (χ4n) is 1.61. The second-order valence-corrected chi connectivity index (χ2v) is 5.04. The van der Waals surface area contributed by atoms with E-state index in [1.807, 2.05) is 0 Å². The molecule has 102 valence electrons. The van der Waals surface area contributed by atoms with Crippen LogP contribution >= 0.6 is 11.3 Å². The molecule has 0 radical (unpaired) electrons. The first kappa shape index (κ1) is 13.5. The van der Waals surface area contributed by atoms with Crippen LogP contribution in [0.2, 0.25) is 0 Å². The summed E-state index contributed by atoms with van der Waals surface area (Å²) in [5.41, 5.74) is 1.32. The van der Waals surface area contributed by atoms with E-state index in [9.17, 15) is 0 Å². The highest BCUT2D eigenvalue weighted by Crippen LogP contribution is 2.14. The van der Waals surface area contributed by atoms with Crippen LogP contribution in [0.5, 0.6) is 0 Å². The van der Waals surface area contributed by atoms with Gasteiger partial charge in [0.2, 0.25) is 0 Å². The minimum absolute atomic E-state index is 0.756. The molecule has 2 heterocycles. The van der Waals surface area contributed by atoms with Crippen molar-refractivity contribution in [1.82, 2.24) is 25.4 Å². The molecule has 6 nitrogen and oxygen atoms in total. The molecule has 2 N–H and O–H groups in total. The number of hydrogen-bond donors (Lipinski definition) is 2. The molecule has 2 aromatic rings. The molecular weight excluding hydrogens is 260 g/mol. The van der Waals surface area contributed by atoms with Gasteiger partial charge in [0.15, 0.2) is 5.96 Å². The summed E-state index contributed by atoms with van der Waals surface area (Å²) in [4.78, 5) is 9.42. The van der Waals surface area contributed by atoms with E-state index in [0.29, 0.717) is 0 Å². The second-order valence-electron chi connectivity index (χ2n) is 4.04. The summed E-state index contributed by atoms with van der Waals surface area (Å²) in [6.45, 7) is 4.44. The predicted octanol–water partition coefficient (Wildman–Crippen LogP) is 1.01. The molecular formula is C12H18N6S. The van der Waals surface area contributed by atoms with E-state index >= 15 is 0 Å². The maximum Gasteiger partial charge on any atom is 0.191 e. The van der Waals surface area contributed by atoms with Crippen molar-refractivity contribution < 1.29 is 0 Å². The van der Waals surface area contributed by atoms with Gasteiger partial charge in [0.1, 0.15) is 12.7 Å². The van der Waals surface area contributed by atoms with Crippen molar-refractivity contribution in [2.45, 2.75) is 20.0 Å². The van der Waals surface area contributed by atoms with Gasteiger partial charge in [-0.25, -0.2) is 4.98 Å². The minimum atomic E-state index is 0.756. The van der Waals surface area contributed by atoms with Crippen molar-refractivity contribution in [3.8, 4) is 0 Å². The SMILES string of the molecule is CN=C(NCCn1cncn1)NCc1sccc1C. The number of thiophene rings is 1. The molecule has 7 heteroatoms. The first-order valence-corrected chi connectivity index (χ1v) is 6.97. The van der Waals surface area contributed by atoms with Crippen molar-refractivity contribution in [3.05, 3.63) is 34.5 Å². The summed E-state index contributed by atoms with van der Waals surface area (Å²) in [6, 6.07) is 2.13. The molecule has 2 aromatic heterocycles. The molecule has 0 aliphatic rings. The van der Waals surface area contributed by atoms with Gasteiger partial charge in [-0.3, -0.25) is 9.67 Å². The molecule has 0 amide bonds. The third-order valence-corrected chi connectivity index (χ3v) is 3.73.